The van der Waals surface area contributed by atoms with Gasteiger partial charge >= 0.3 is 0 Å². The van der Waals surface area contributed by atoms with Crippen LogP contribution in [-0.4, -0.2) is 72.9 Å². The standard InChI is InChI=1S/C41H45FN6O3SSi/c1-41(2,3)53(38-10-6-4-7-11-38,39-12-8-5-9-13-39)51-30-36-28-45(22-23-47(36)52(49,50)37-26-43-46(29-37)27-31-14-15-31)35-20-21-40-32(24-35)25-44-48(40)34-18-16-33(42)17-19-34/h4-13,16-21,24-26,29,31,36H,14-15,22-23,27-28,30H2,1-3H3/t36-/m0/s1. The summed E-state index contributed by atoms with van der Waals surface area (Å²) < 4.78 is 55.3. The molecule has 0 radical (unpaired) electrons. The molecule has 0 spiro atoms. The Hall–Kier alpha value is -4.62. The van der Waals surface area contributed by atoms with E-state index >= 15 is 0 Å². The first kappa shape index (κ1) is 35.4. The van der Waals surface area contributed by atoms with E-state index in [9.17, 15) is 12.8 Å². The predicted octanol–water partition coefficient (Wildman–Crippen LogP) is 6.23. The summed E-state index contributed by atoms with van der Waals surface area (Å²) >= 11 is 0. The van der Waals surface area contributed by atoms with Crippen LogP contribution in [0.3, 0.4) is 0 Å². The molecule has 9 nitrogen and oxygen atoms in total. The number of nitrogens with zero attached hydrogens (tertiary/aromatic N) is 6. The highest BCUT2D eigenvalue weighted by atomic mass is 32.2. The fraction of sp³-hybridized carbons (Fsp3) is 0.317. The minimum Gasteiger partial charge on any atom is -0.406 e. The van der Waals surface area contributed by atoms with Gasteiger partial charge in [0.1, 0.15) is 10.7 Å². The first-order chi connectivity index (χ1) is 25.5. The summed E-state index contributed by atoms with van der Waals surface area (Å²) in [7, 11) is -6.86. The summed E-state index contributed by atoms with van der Waals surface area (Å²) in [5.41, 5.74) is 2.64. The van der Waals surface area contributed by atoms with E-state index in [0.717, 1.165) is 52.0 Å². The molecule has 3 heterocycles. The number of hydrogen-bond acceptors (Lipinski definition) is 6. The van der Waals surface area contributed by atoms with Gasteiger partial charge in [-0.1, -0.05) is 81.4 Å². The summed E-state index contributed by atoms with van der Waals surface area (Å²) in [4.78, 5) is 2.47. The first-order valence-corrected chi connectivity index (χ1v) is 21.7. The Kier molecular flexibility index (Phi) is 9.34. The lowest BCUT2D eigenvalue weighted by Gasteiger charge is -2.46. The molecule has 0 N–H and O–H groups in total. The van der Waals surface area contributed by atoms with Gasteiger partial charge in [0.25, 0.3) is 8.32 Å². The molecule has 2 fully saturated rings. The average molecular weight is 749 g/mol. The van der Waals surface area contributed by atoms with Crippen LogP contribution in [0.2, 0.25) is 5.04 Å². The van der Waals surface area contributed by atoms with Crippen molar-refractivity contribution in [2.45, 2.75) is 56.1 Å². The van der Waals surface area contributed by atoms with Crippen LogP contribution in [0, 0.1) is 11.7 Å². The quantitative estimate of drug-likeness (QED) is 0.146. The van der Waals surface area contributed by atoms with Gasteiger partial charge in [-0.25, -0.2) is 17.5 Å². The molecule has 1 aliphatic heterocycles. The second-order valence-electron chi connectivity index (χ2n) is 15.3. The zero-order valence-corrected chi connectivity index (χ0v) is 32.2. The Balaban J connectivity index is 1.15. The highest BCUT2D eigenvalue weighted by Gasteiger charge is 2.51. The molecule has 4 aromatic carbocycles. The molecule has 1 atom stereocenters. The molecular formula is C41H45FN6O3SSi. The molecule has 0 amide bonds. The minimum atomic E-state index is -3.89. The van der Waals surface area contributed by atoms with Crippen molar-refractivity contribution in [1.29, 1.82) is 0 Å². The molecule has 1 aliphatic carbocycles. The van der Waals surface area contributed by atoms with Crippen molar-refractivity contribution in [1.82, 2.24) is 23.9 Å². The van der Waals surface area contributed by atoms with Crippen LogP contribution in [0.1, 0.15) is 33.6 Å². The predicted molar refractivity (Wildman–Crippen MR) is 209 cm³/mol. The molecule has 6 aromatic rings. The second kappa shape index (κ2) is 14.0. The van der Waals surface area contributed by atoms with Crippen molar-refractivity contribution in [3.63, 3.8) is 0 Å². The third-order valence-electron chi connectivity index (χ3n) is 10.7. The lowest BCUT2D eigenvalue weighted by atomic mass is 10.1. The second-order valence-corrected chi connectivity index (χ2v) is 21.5. The zero-order valence-electron chi connectivity index (χ0n) is 30.3. The van der Waals surface area contributed by atoms with Gasteiger partial charge in [0.2, 0.25) is 10.0 Å². The van der Waals surface area contributed by atoms with Gasteiger partial charge in [-0.15, -0.1) is 0 Å². The third kappa shape index (κ3) is 6.85. The highest BCUT2D eigenvalue weighted by Crippen LogP contribution is 2.38. The van der Waals surface area contributed by atoms with E-state index in [2.05, 4.69) is 96.5 Å². The van der Waals surface area contributed by atoms with Crippen LogP contribution >= 0.6 is 0 Å². The van der Waals surface area contributed by atoms with Crippen molar-refractivity contribution in [2.75, 3.05) is 31.1 Å². The Labute approximate surface area is 311 Å². The van der Waals surface area contributed by atoms with E-state index in [0.29, 0.717) is 19.0 Å². The van der Waals surface area contributed by atoms with Gasteiger partial charge in [0.15, 0.2) is 0 Å². The Morgan fingerprint density at radius 3 is 2.13 bits per heavy atom. The van der Waals surface area contributed by atoms with Crippen molar-refractivity contribution in [2.24, 2.45) is 5.92 Å². The Bertz CT molecular complexity index is 2270. The minimum absolute atomic E-state index is 0.212. The topological polar surface area (TPSA) is 85.5 Å². The number of rotatable bonds is 11. The number of benzene rings is 4. The number of hydrogen-bond donors (Lipinski definition) is 0. The summed E-state index contributed by atoms with van der Waals surface area (Å²) in [6.07, 6.45) is 7.31. The summed E-state index contributed by atoms with van der Waals surface area (Å²) in [5, 5.41) is 12.0. The zero-order chi connectivity index (χ0) is 36.8. The molecule has 1 saturated heterocycles. The number of piperazine rings is 1. The van der Waals surface area contributed by atoms with Crippen LogP contribution in [0.25, 0.3) is 16.6 Å². The lowest BCUT2D eigenvalue weighted by Crippen LogP contribution is -2.68. The maximum Gasteiger partial charge on any atom is 0.261 e. The van der Waals surface area contributed by atoms with Gasteiger partial charge in [0.05, 0.1) is 36.2 Å². The smallest absolute Gasteiger partial charge is 0.261 e. The molecule has 12 heteroatoms. The van der Waals surface area contributed by atoms with E-state index < -0.39 is 24.4 Å². The average Bonchev–Trinajstić information content (AvgIpc) is 3.67. The monoisotopic (exact) mass is 748 g/mol. The molecule has 0 bridgehead atoms. The van der Waals surface area contributed by atoms with Gasteiger partial charge in [0, 0.05) is 43.4 Å². The van der Waals surface area contributed by atoms with Crippen LogP contribution < -0.4 is 15.3 Å². The number of anilines is 1. The largest absolute Gasteiger partial charge is 0.406 e. The van der Waals surface area contributed by atoms with Gasteiger partial charge in [-0.3, -0.25) is 4.68 Å². The maximum atomic E-state index is 14.5. The molecule has 53 heavy (non-hydrogen) atoms. The molecule has 2 aliphatic rings. The van der Waals surface area contributed by atoms with E-state index in [1.807, 2.05) is 24.4 Å². The van der Waals surface area contributed by atoms with Crippen molar-refractivity contribution < 1.29 is 17.2 Å². The molecule has 1 saturated carbocycles. The van der Waals surface area contributed by atoms with Crippen LogP contribution in [0.15, 0.2) is 127 Å². The van der Waals surface area contributed by atoms with Gasteiger partial charge in [-0.2, -0.15) is 14.5 Å². The number of halogens is 1. The van der Waals surface area contributed by atoms with Crippen molar-refractivity contribution >= 4 is 45.3 Å². The molecular weight excluding hydrogens is 704 g/mol. The van der Waals surface area contributed by atoms with Gasteiger partial charge < -0.3 is 9.33 Å². The first-order valence-electron chi connectivity index (χ1n) is 18.3. The summed E-state index contributed by atoms with van der Waals surface area (Å²) in [6.45, 7) is 8.88. The summed E-state index contributed by atoms with van der Waals surface area (Å²) in [6, 6.07) is 32.8. The number of sulfonamides is 1. The fourth-order valence-corrected chi connectivity index (χ4v) is 13.9. The van der Waals surface area contributed by atoms with E-state index in [1.54, 1.807) is 32.0 Å². The normalized spacial score (nSPS) is 17.4. The van der Waals surface area contributed by atoms with E-state index in [1.165, 1.54) is 18.3 Å². The van der Waals surface area contributed by atoms with Gasteiger partial charge in [-0.05, 0) is 76.6 Å². The fourth-order valence-electron chi connectivity index (χ4n) is 7.79. The van der Waals surface area contributed by atoms with Crippen LogP contribution in [0.5, 0.6) is 0 Å². The Morgan fingerprint density at radius 2 is 1.49 bits per heavy atom. The SMILES string of the molecule is CC(C)(C)[Si](OC[C@@H]1CN(c2ccc3c(cnn3-c3ccc(F)cc3)c2)CCN1S(=O)(=O)c1cnn(CC2CC2)c1)(c1ccccc1)c1ccccc1. The molecule has 2 aromatic heterocycles. The van der Waals surface area contributed by atoms with Crippen molar-refractivity contribution in [3.05, 3.63) is 128 Å². The number of aromatic nitrogens is 4. The third-order valence-corrected chi connectivity index (χ3v) is 17.6. The molecule has 274 valence electrons. The lowest BCUT2D eigenvalue weighted by molar-refractivity contribution is 0.183. The van der Waals surface area contributed by atoms with Crippen LogP contribution in [-0.2, 0) is 21.0 Å². The van der Waals surface area contributed by atoms with E-state index in [4.69, 9.17) is 4.43 Å². The van der Waals surface area contributed by atoms with E-state index in [-0.39, 0.29) is 28.9 Å². The van der Waals surface area contributed by atoms with Crippen molar-refractivity contribution in [3.8, 4) is 5.69 Å². The molecule has 0 unspecified atom stereocenters. The van der Waals surface area contributed by atoms with Crippen LogP contribution in [0.4, 0.5) is 10.1 Å². The maximum absolute atomic E-state index is 14.5. The molecule has 8 rings (SSSR count). The Morgan fingerprint density at radius 1 is 0.830 bits per heavy atom. The number of fused-ring (bicyclic) bond motifs is 1. The highest BCUT2D eigenvalue weighted by molar-refractivity contribution is 7.89. The summed E-state index contributed by atoms with van der Waals surface area (Å²) in [5.74, 6) is 0.274.